The molecule has 0 amide bonds. The van der Waals surface area contributed by atoms with Gasteiger partial charge in [-0.3, -0.25) is 0 Å². The van der Waals surface area contributed by atoms with Crippen LogP contribution in [0.2, 0.25) is 5.02 Å². The van der Waals surface area contributed by atoms with Crippen LogP contribution in [0, 0.1) is 11.3 Å². The highest BCUT2D eigenvalue weighted by atomic mass is 35.5. The molecule has 2 N–H and O–H groups in total. The first-order chi connectivity index (χ1) is 8.67. The average molecular weight is 269 g/mol. The van der Waals surface area contributed by atoms with E-state index in [1.807, 2.05) is 12.1 Å². The van der Waals surface area contributed by atoms with Crippen LogP contribution >= 0.6 is 11.6 Å². The van der Waals surface area contributed by atoms with Gasteiger partial charge >= 0.3 is 0 Å². The topological polar surface area (TPSA) is 65.3 Å². The summed E-state index contributed by atoms with van der Waals surface area (Å²) in [5.74, 6) is 0. The van der Waals surface area contributed by atoms with Crippen LogP contribution in [-0.2, 0) is 11.3 Å². The molecule has 1 aromatic rings. The third-order valence-corrected chi connectivity index (χ3v) is 2.86. The molecule has 1 unspecified atom stereocenters. The number of nitrogens with zero attached hydrogens (tertiary/aromatic N) is 1. The van der Waals surface area contributed by atoms with Crippen LogP contribution in [0.1, 0.15) is 17.5 Å². The molecule has 0 saturated heterocycles. The zero-order chi connectivity index (χ0) is 13.4. The number of halogens is 1. The molecule has 98 valence electrons. The quantitative estimate of drug-likeness (QED) is 0.739. The second-order valence-electron chi connectivity index (χ2n) is 3.99. The molecule has 0 saturated carbocycles. The Bertz CT molecular complexity index is 418. The van der Waals surface area contributed by atoms with Gasteiger partial charge in [0.05, 0.1) is 24.3 Å². The molecule has 0 aliphatic carbocycles. The molecule has 0 aromatic heterocycles. The van der Waals surface area contributed by atoms with Gasteiger partial charge in [0.2, 0.25) is 0 Å². The van der Waals surface area contributed by atoms with Crippen LogP contribution in [0.5, 0.6) is 0 Å². The maximum absolute atomic E-state index is 9.44. The maximum atomic E-state index is 9.44. The predicted molar refractivity (Wildman–Crippen MR) is 70.4 cm³/mol. The Kier molecular flexibility index (Phi) is 6.69. The Morgan fingerprint density at radius 1 is 1.56 bits per heavy atom. The Labute approximate surface area is 112 Å². The van der Waals surface area contributed by atoms with Crippen LogP contribution in [-0.4, -0.2) is 31.5 Å². The molecule has 1 aromatic carbocycles. The fourth-order valence-corrected chi connectivity index (χ4v) is 1.78. The highest BCUT2D eigenvalue weighted by molar-refractivity contribution is 6.31. The molecule has 1 atom stereocenters. The van der Waals surface area contributed by atoms with Crippen molar-refractivity contribution < 1.29 is 9.84 Å². The van der Waals surface area contributed by atoms with Crippen molar-refractivity contribution in [2.45, 2.75) is 19.1 Å². The van der Waals surface area contributed by atoms with Crippen LogP contribution in [0.3, 0.4) is 0 Å². The summed E-state index contributed by atoms with van der Waals surface area (Å²) in [6, 6.07) is 7.26. The zero-order valence-corrected chi connectivity index (χ0v) is 11.1. The highest BCUT2D eigenvalue weighted by Crippen LogP contribution is 2.17. The van der Waals surface area contributed by atoms with Crippen molar-refractivity contribution in [2.75, 3.05) is 20.3 Å². The van der Waals surface area contributed by atoms with Gasteiger partial charge in [-0.1, -0.05) is 17.7 Å². The lowest BCUT2D eigenvalue weighted by molar-refractivity contribution is 0.0594. The summed E-state index contributed by atoms with van der Waals surface area (Å²) in [6.07, 6.45) is 0.181. The number of nitrogens with one attached hydrogen (secondary N) is 1. The van der Waals surface area contributed by atoms with E-state index >= 15 is 0 Å². The van der Waals surface area contributed by atoms with Gasteiger partial charge in [0, 0.05) is 18.7 Å². The Hall–Kier alpha value is -1.12. The smallest absolute Gasteiger partial charge is 0.0992 e. The summed E-state index contributed by atoms with van der Waals surface area (Å²) in [4.78, 5) is 0. The SMILES string of the molecule is COCC(O)CCNCc1ccc(C#N)cc1Cl. The van der Waals surface area contributed by atoms with Gasteiger partial charge in [0.25, 0.3) is 0 Å². The second-order valence-corrected chi connectivity index (χ2v) is 4.40. The van der Waals surface area contributed by atoms with E-state index < -0.39 is 6.10 Å². The molecule has 0 aliphatic heterocycles. The lowest BCUT2D eigenvalue weighted by Gasteiger charge is -2.10. The van der Waals surface area contributed by atoms with E-state index in [4.69, 9.17) is 21.6 Å². The van der Waals surface area contributed by atoms with Crippen molar-refractivity contribution in [1.29, 1.82) is 5.26 Å². The summed E-state index contributed by atoms with van der Waals surface area (Å²) in [7, 11) is 1.56. The molecular weight excluding hydrogens is 252 g/mol. The third-order valence-electron chi connectivity index (χ3n) is 2.51. The van der Waals surface area contributed by atoms with Crippen molar-refractivity contribution in [3.05, 3.63) is 34.3 Å². The number of aliphatic hydroxyl groups excluding tert-OH is 1. The number of benzene rings is 1. The van der Waals surface area contributed by atoms with E-state index in [1.54, 1.807) is 19.2 Å². The Morgan fingerprint density at radius 2 is 2.33 bits per heavy atom. The highest BCUT2D eigenvalue weighted by Gasteiger charge is 2.04. The number of hydrogen-bond donors (Lipinski definition) is 2. The molecule has 0 spiro atoms. The molecule has 0 aliphatic rings. The minimum Gasteiger partial charge on any atom is -0.391 e. The first kappa shape index (κ1) is 14.9. The average Bonchev–Trinajstić information content (AvgIpc) is 2.36. The van der Waals surface area contributed by atoms with Gasteiger partial charge in [-0.15, -0.1) is 0 Å². The van der Waals surface area contributed by atoms with E-state index in [1.165, 1.54) is 0 Å². The Balaban J connectivity index is 2.34. The molecule has 5 heteroatoms. The molecule has 0 fully saturated rings. The number of aliphatic hydroxyl groups is 1. The number of nitriles is 1. The van der Waals surface area contributed by atoms with Gasteiger partial charge in [0.15, 0.2) is 0 Å². The number of ether oxygens (including phenoxy) is 1. The molecule has 0 heterocycles. The van der Waals surface area contributed by atoms with Crippen molar-refractivity contribution >= 4 is 11.6 Å². The first-order valence-electron chi connectivity index (χ1n) is 5.73. The molecule has 0 bridgehead atoms. The largest absolute Gasteiger partial charge is 0.391 e. The van der Waals surface area contributed by atoms with Crippen molar-refractivity contribution in [2.24, 2.45) is 0 Å². The number of hydrogen-bond acceptors (Lipinski definition) is 4. The summed E-state index contributed by atoms with van der Waals surface area (Å²) in [5, 5.41) is 21.9. The number of methoxy groups -OCH3 is 1. The van der Waals surface area contributed by atoms with Crippen LogP contribution < -0.4 is 5.32 Å². The lowest BCUT2D eigenvalue weighted by atomic mass is 10.1. The normalized spacial score (nSPS) is 12.1. The van der Waals surface area contributed by atoms with Gasteiger partial charge in [-0.05, 0) is 30.7 Å². The third kappa shape index (κ3) is 5.03. The first-order valence-corrected chi connectivity index (χ1v) is 6.11. The van der Waals surface area contributed by atoms with E-state index in [9.17, 15) is 5.11 Å². The van der Waals surface area contributed by atoms with Crippen LogP contribution in [0.25, 0.3) is 0 Å². The summed E-state index contributed by atoms with van der Waals surface area (Å²) in [5.41, 5.74) is 1.50. The van der Waals surface area contributed by atoms with E-state index in [0.717, 1.165) is 5.56 Å². The summed E-state index contributed by atoms with van der Waals surface area (Å²) >= 11 is 6.04. The molecule has 1 rings (SSSR count). The summed E-state index contributed by atoms with van der Waals surface area (Å²) in [6.45, 7) is 1.64. The molecular formula is C13H17ClN2O2. The predicted octanol–water partition coefficient (Wildman–Crippen LogP) is 1.70. The monoisotopic (exact) mass is 268 g/mol. The minimum absolute atomic E-state index is 0.347. The molecule has 4 nitrogen and oxygen atoms in total. The van der Waals surface area contributed by atoms with Gasteiger partial charge in [0.1, 0.15) is 0 Å². The Morgan fingerprint density at radius 3 is 2.94 bits per heavy atom. The fraction of sp³-hybridized carbons (Fsp3) is 0.462. The molecule has 18 heavy (non-hydrogen) atoms. The molecule has 0 radical (unpaired) electrons. The van der Waals surface area contributed by atoms with Crippen molar-refractivity contribution in [1.82, 2.24) is 5.32 Å². The van der Waals surface area contributed by atoms with Gasteiger partial charge in [-0.25, -0.2) is 0 Å². The van der Waals surface area contributed by atoms with Crippen molar-refractivity contribution in [3.63, 3.8) is 0 Å². The van der Waals surface area contributed by atoms with Gasteiger partial charge in [-0.2, -0.15) is 5.26 Å². The van der Waals surface area contributed by atoms with Crippen LogP contribution in [0.15, 0.2) is 18.2 Å². The second kappa shape index (κ2) is 8.06. The van der Waals surface area contributed by atoms with Gasteiger partial charge < -0.3 is 15.2 Å². The minimum atomic E-state index is -0.445. The zero-order valence-electron chi connectivity index (χ0n) is 10.3. The number of rotatable bonds is 7. The van der Waals surface area contributed by atoms with Crippen LogP contribution in [0.4, 0.5) is 0 Å². The fourth-order valence-electron chi connectivity index (χ4n) is 1.53. The standard InChI is InChI=1S/C13H17ClN2O2/c1-18-9-12(17)4-5-16-8-11-3-2-10(7-15)6-13(11)14/h2-3,6,12,16-17H,4-5,8-9H2,1H3. The van der Waals surface area contributed by atoms with E-state index in [-0.39, 0.29) is 0 Å². The van der Waals surface area contributed by atoms with E-state index in [0.29, 0.717) is 36.7 Å². The lowest BCUT2D eigenvalue weighted by Crippen LogP contribution is -2.23. The van der Waals surface area contributed by atoms with E-state index in [2.05, 4.69) is 5.32 Å². The maximum Gasteiger partial charge on any atom is 0.0992 e. The summed E-state index contributed by atoms with van der Waals surface area (Å²) < 4.78 is 4.83. The van der Waals surface area contributed by atoms with Crippen molar-refractivity contribution in [3.8, 4) is 6.07 Å².